The van der Waals surface area contributed by atoms with Crippen molar-refractivity contribution in [3.8, 4) is 5.75 Å². The lowest BCUT2D eigenvalue weighted by atomic mass is 9.79. The standard InChI is InChI=1S/C26H41N5O3.C8H8FNO.2C2H6/c1-7-13-28-15-20(30-21(27)8-2)26(5)23(32)19(16-31(26)6)29-24(33)17-10-9-11-18-22(17)34-14-12-25(18,3)4;1-10-8(11)6-2-4-7(9)5-3-6;2*1-2/h7,9-11,13,19-20,23,28,32H,8,12,14-16H2,1-6H3,(H2,27,30)(H,29,33);2-5H,1H3,(H,10,11);2*1-2H3/p+1/b13-7-;;;. The van der Waals surface area contributed by atoms with Gasteiger partial charge in [-0.15, -0.1) is 0 Å². The Morgan fingerprint density at radius 1 is 1.12 bits per heavy atom. The molecule has 0 bridgehead atoms. The Balaban J connectivity index is 0.000000669. The third kappa shape index (κ3) is 11.0. The van der Waals surface area contributed by atoms with Gasteiger partial charge in [0, 0.05) is 31.1 Å². The van der Waals surface area contributed by atoms with Gasteiger partial charge in [0.25, 0.3) is 11.8 Å². The number of benzene rings is 2. The summed E-state index contributed by atoms with van der Waals surface area (Å²) in [5.41, 5.74) is 7.46. The van der Waals surface area contributed by atoms with Crippen LogP contribution in [-0.4, -0.2) is 85.2 Å². The van der Waals surface area contributed by atoms with Crippen molar-refractivity contribution in [2.24, 2.45) is 5.73 Å². The predicted molar refractivity (Wildman–Crippen MR) is 197 cm³/mol. The lowest BCUT2D eigenvalue weighted by Crippen LogP contribution is -2.90. The number of fused-ring (bicyclic) bond motifs is 1. The SMILES string of the molecule is C/C=C\NCC([NH+]=C(N)CC)C1(C)C(O)C(NC(=O)c2cccc3c2OCCC3(C)C)CN1C.CC.CC.CNC(=O)c1ccc(F)cc1. The zero-order valence-corrected chi connectivity index (χ0v) is 31.5. The molecule has 2 aliphatic rings. The van der Waals surface area contributed by atoms with Crippen molar-refractivity contribution in [3.63, 3.8) is 0 Å². The number of amides is 2. The first-order valence-corrected chi connectivity index (χ1v) is 17.5. The number of halogens is 1. The highest BCUT2D eigenvalue weighted by atomic mass is 19.1. The molecular weight excluding hydrogens is 623 g/mol. The summed E-state index contributed by atoms with van der Waals surface area (Å²) in [5.74, 6) is 0.549. The van der Waals surface area contributed by atoms with E-state index in [1.54, 1.807) is 6.07 Å². The van der Waals surface area contributed by atoms with Gasteiger partial charge in [0.2, 0.25) is 5.84 Å². The van der Waals surface area contributed by atoms with Crippen molar-refractivity contribution < 1.29 is 28.8 Å². The van der Waals surface area contributed by atoms with Gasteiger partial charge in [0.05, 0.1) is 36.4 Å². The van der Waals surface area contributed by atoms with E-state index in [0.29, 0.717) is 48.8 Å². The molecule has 2 heterocycles. The number of aliphatic hydroxyl groups is 1. The molecule has 0 radical (unpaired) electrons. The third-order valence-corrected chi connectivity index (χ3v) is 8.94. The molecule has 274 valence electrons. The van der Waals surface area contributed by atoms with Crippen molar-refractivity contribution in [1.29, 1.82) is 0 Å². The van der Waals surface area contributed by atoms with Gasteiger partial charge in [-0.3, -0.25) is 25.2 Å². The fourth-order valence-electron chi connectivity index (χ4n) is 5.79. The van der Waals surface area contributed by atoms with Crippen LogP contribution in [0.3, 0.4) is 0 Å². The number of hydrogen-bond acceptors (Lipinski definition) is 6. The zero-order chi connectivity index (χ0) is 37.4. The number of carbonyl (C=O) groups excluding carboxylic acids is 2. The molecule has 0 spiro atoms. The van der Waals surface area contributed by atoms with Gasteiger partial charge in [0.1, 0.15) is 17.6 Å². The second-order valence-electron chi connectivity index (χ2n) is 12.4. The quantitative estimate of drug-likeness (QED) is 0.175. The maximum absolute atomic E-state index is 13.4. The van der Waals surface area contributed by atoms with E-state index in [-0.39, 0.29) is 29.1 Å². The van der Waals surface area contributed by atoms with E-state index in [1.165, 1.54) is 31.3 Å². The van der Waals surface area contributed by atoms with Crippen molar-refractivity contribution in [2.45, 2.75) is 104 Å². The molecule has 1 fully saturated rings. The smallest absolute Gasteiger partial charge is 0.255 e. The van der Waals surface area contributed by atoms with Crippen LogP contribution in [0, 0.1) is 5.82 Å². The van der Waals surface area contributed by atoms with Gasteiger partial charge in [-0.2, -0.15) is 0 Å². The molecule has 4 unspecified atom stereocenters. The van der Waals surface area contributed by atoms with Crippen LogP contribution in [-0.2, 0) is 5.41 Å². The fourth-order valence-corrected chi connectivity index (χ4v) is 5.79. The largest absolute Gasteiger partial charge is 0.492 e. The second-order valence-corrected chi connectivity index (χ2v) is 12.4. The Kier molecular flexibility index (Phi) is 18.0. The number of likely N-dealkylation sites (N-methyl/N-ethyl adjacent to an activating group) is 1. The molecule has 2 aliphatic heterocycles. The second kappa shape index (κ2) is 20.5. The summed E-state index contributed by atoms with van der Waals surface area (Å²) < 4.78 is 18.3. The van der Waals surface area contributed by atoms with Crippen molar-refractivity contribution in [1.82, 2.24) is 20.9 Å². The molecule has 49 heavy (non-hydrogen) atoms. The number of nitrogens with one attached hydrogen (secondary N) is 4. The first kappa shape index (κ1) is 43.1. The minimum atomic E-state index is -0.812. The van der Waals surface area contributed by atoms with Crippen molar-refractivity contribution in [3.05, 3.63) is 77.2 Å². The van der Waals surface area contributed by atoms with E-state index < -0.39 is 17.7 Å². The number of ether oxygens (including phenoxy) is 1. The van der Waals surface area contributed by atoms with Gasteiger partial charge in [0.15, 0.2) is 0 Å². The minimum Gasteiger partial charge on any atom is -0.492 e. The molecule has 0 aliphatic carbocycles. The maximum Gasteiger partial charge on any atom is 0.255 e. The minimum absolute atomic E-state index is 0.0515. The molecule has 0 aromatic heterocycles. The van der Waals surface area contributed by atoms with Crippen molar-refractivity contribution in [2.75, 3.05) is 33.8 Å². The average Bonchev–Trinajstić information content (AvgIpc) is 3.32. The summed E-state index contributed by atoms with van der Waals surface area (Å²) in [6.07, 6.45) is 4.58. The number of nitrogens with two attached hydrogens (primary N) is 1. The summed E-state index contributed by atoms with van der Waals surface area (Å²) in [4.78, 5) is 29.7. The highest BCUT2D eigenvalue weighted by Gasteiger charge is 2.54. The van der Waals surface area contributed by atoms with Gasteiger partial charge < -0.3 is 25.8 Å². The molecule has 2 amide bonds. The molecule has 2 aromatic carbocycles. The summed E-state index contributed by atoms with van der Waals surface area (Å²) in [7, 11) is 3.50. The van der Waals surface area contributed by atoms with Gasteiger partial charge in [-0.05, 0) is 69.3 Å². The van der Waals surface area contributed by atoms with Crippen LogP contribution >= 0.6 is 0 Å². The molecule has 1 saturated heterocycles. The van der Waals surface area contributed by atoms with E-state index in [4.69, 9.17) is 10.5 Å². The van der Waals surface area contributed by atoms with Gasteiger partial charge in [-0.1, -0.05) is 66.7 Å². The Morgan fingerprint density at radius 3 is 2.33 bits per heavy atom. The Hall–Kier alpha value is -3.96. The summed E-state index contributed by atoms with van der Waals surface area (Å²) in [6, 6.07) is 10.5. The summed E-state index contributed by atoms with van der Waals surface area (Å²) in [5, 5.41) is 20.3. The molecule has 11 heteroatoms. The van der Waals surface area contributed by atoms with E-state index in [9.17, 15) is 19.1 Å². The lowest BCUT2D eigenvalue weighted by Gasteiger charge is -2.39. The number of allylic oxidation sites excluding steroid dienone is 1. The summed E-state index contributed by atoms with van der Waals surface area (Å²) >= 11 is 0. The van der Waals surface area contributed by atoms with Crippen LogP contribution in [0.4, 0.5) is 4.39 Å². The van der Waals surface area contributed by atoms with Gasteiger partial charge >= 0.3 is 0 Å². The first-order valence-electron chi connectivity index (χ1n) is 17.5. The number of hydrogen-bond donors (Lipinski definition) is 6. The van der Waals surface area contributed by atoms with Crippen LogP contribution in [0.2, 0.25) is 0 Å². The predicted octanol–water partition coefficient (Wildman–Crippen LogP) is 3.49. The Labute approximate surface area is 293 Å². The number of para-hydroxylation sites is 1. The van der Waals surface area contributed by atoms with Crippen LogP contribution in [0.25, 0.3) is 0 Å². The van der Waals surface area contributed by atoms with E-state index in [0.717, 1.165) is 12.0 Å². The molecule has 4 rings (SSSR count). The van der Waals surface area contributed by atoms with E-state index >= 15 is 0 Å². The number of carbonyl (C=O) groups is 2. The van der Waals surface area contributed by atoms with Crippen LogP contribution in [0.1, 0.15) is 101 Å². The zero-order valence-electron chi connectivity index (χ0n) is 31.5. The Bertz CT molecular complexity index is 1380. The topological polar surface area (TPSA) is 143 Å². The molecule has 7 N–H and O–H groups in total. The highest BCUT2D eigenvalue weighted by Crippen LogP contribution is 2.40. The average molecular weight is 686 g/mol. The number of nitrogens with zero attached hydrogens (tertiary/aromatic N) is 1. The number of amidine groups is 1. The third-order valence-electron chi connectivity index (χ3n) is 8.94. The lowest BCUT2D eigenvalue weighted by molar-refractivity contribution is -0.522. The molecular formula is C38H62FN6O4+. The molecule has 10 nitrogen and oxygen atoms in total. The maximum atomic E-state index is 13.4. The van der Waals surface area contributed by atoms with Crippen LogP contribution in [0.5, 0.6) is 5.75 Å². The van der Waals surface area contributed by atoms with E-state index in [2.05, 4.69) is 39.7 Å². The van der Waals surface area contributed by atoms with Crippen molar-refractivity contribution >= 4 is 17.6 Å². The number of likely N-dealkylation sites (tertiary alicyclic amines) is 1. The monoisotopic (exact) mass is 685 g/mol. The summed E-state index contributed by atoms with van der Waals surface area (Å²) in [6.45, 7) is 20.0. The number of aliphatic hydroxyl groups excluding tert-OH is 1. The van der Waals surface area contributed by atoms with Crippen LogP contribution < -0.4 is 31.4 Å². The van der Waals surface area contributed by atoms with Gasteiger partial charge in [-0.25, -0.2) is 4.39 Å². The Morgan fingerprint density at radius 2 is 1.76 bits per heavy atom. The molecule has 4 atom stereocenters. The highest BCUT2D eigenvalue weighted by molar-refractivity contribution is 5.98. The first-order chi connectivity index (χ1) is 23.3. The normalized spacial score (nSPS) is 21.6. The molecule has 2 aromatic rings. The fraction of sp³-hybridized carbons (Fsp3) is 0.553. The molecule has 0 saturated carbocycles. The van der Waals surface area contributed by atoms with Crippen LogP contribution in [0.15, 0.2) is 54.7 Å². The number of rotatable bonds is 9. The van der Waals surface area contributed by atoms with E-state index in [1.807, 2.05) is 79.9 Å².